The Morgan fingerprint density at radius 2 is 1.80 bits per heavy atom. The van der Waals surface area contributed by atoms with Crippen LogP contribution in [0.25, 0.3) is 22.3 Å². The van der Waals surface area contributed by atoms with Crippen molar-refractivity contribution in [3.63, 3.8) is 0 Å². The minimum absolute atomic E-state index is 0.0239. The van der Waals surface area contributed by atoms with Crippen LogP contribution in [-0.2, 0) is 9.53 Å². The lowest BCUT2D eigenvalue weighted by Crippen LogP contribution is -2.40. The molecule has 0 radical (unpaired) electrons. The fourth-order valence-corrected chi connectivity index (χ4v) is 5.08. The summed E-state index contributed by atoms with van der Waals surface area (Å²) in [6, 6.07) is 2.61. The molecule has 2 amide bonds. The maximum atomic E-state index is 15.5. The van der Waals surface area contributed by atoms with Crippen molar-refractivity contribution in [3.8, 4) is 22.8 Å². The number of carbonyl (C=O) groups is 2. The number of rotatable bonds is 8. The molecule has 242 valence electrons. The highest BCUT2D eigenvalue weighted by Crippen LogP contribution is 2.37. The quantitative estimate of drug-likeness (QED) is 0.112. The van der Waals surface area contributed by atoms with Crippen molar-refractivity contribution in [1.82, 2.24) is 30.0 Å². The molecule has 2 aromatic carbocycles. The van der Waals surface area contributed by atoms with E-state index in [4.69, 9.17) is 15.2 Å². The van der Waals surface area contributed by atoms with E-state index in [0.29, 0.717) is 38.0 Å². The fourth-order valence-electron chi connectivity index (χ4n) is 5.08. The Bertz CT molecular complexity index is 1790. The van der Waals surface area contributed by atoms with Crippen LogP contribution in [0.2, 0.25) is 0 Å². The zero-order chi connectivity index (χ0) is 33.0. The van der Waals surface area contributed by atoms with Gasteiger partial charge in [-0.1, -0.05) is 6.08 Å². The van der Waals surface area contributed by atoms with Crippen LogP contribution in [0.15, 0.2) is 42.7 Å². The van der Waals surface area contributed by atoms with Gasteiger partial charge >= 0.3 is 12.0 Å². The topological polar surface area (TPSA) is 137 Å². The number of esters is 1. The van der Waals surface area contributed by atoms with E-state index in [1.165, 1.54) is 24.5 Å². The average Bonchev–Trinajstić information content (AvgIpc) is 3.24. The number of hydrogen-bond acceptors (Lipinski definition) is 8. The number of anilines is 1. The first-order valence-electron chi connectivity index (χ1n) is 14.2. The van der Waals surface area contributed by atoms with Crippen molar-refractivity contribution >= 4 is 28.9 Å². The first-order valence-corrected chi connectivity index (χ1v) is 14.2. The Morgan fingerprint density at radius 1 is 1.04 bits per heavy atom. The van der Waals surface area contributed by atoms with Crippen LogP contribution in [0.3, 0.4) is 0 Å². The molecular weight excluding hydrogens is 617 g/mol. The number of amides is 2. The highest BCUT2D eigenvalue weighted by Gasteiger charge is 2.28. The summed E-state index contributed by atoms with van der Waals surface area (Å²) in [4.78, 5) is 34.2. The normalized spacial score (nSPS) is 15.3. The molecule has 0 saturated carbocycles. The van der Waals surface area contributed by atoms with Gasteiger partial charge in [-0.3, -0.25) is 0 Å². The highest BCUT2D eigenvalue weighted by molar-refractivity contribution is 5.98. The number of halogens is 5. The van der Waals surface area contributed by atoms with E-state index in [1.54, 1.807) is 16.5 Å². The van der Waals surface area contributed by atoms with Gasteiger partial charge in [-0.25, -0.2) is 37.4 Å². The number of hydrogen-bond donors (Lipinski definition) is 2. The van der Waals surface area contributed by atoms with Crippen LogP contribution in [0.1, 0.15) is 32.2 Å². The maximum Gasteiger partial charge on any atom is 0.330 e. The van der Waals surface area contributed by atoms with Crippen molar-refractivity contribution in [2.45, 2.75) is 32.2 Å². The second-order valence-electron chi connectivity index (χ2n) is 10.2. The molecule has 1 atom stereocenters. The summed E-state index contributed by atoms with van der Waals surface area (Å²) in [6.45, 7) is 2.90. The molecule has 1 aliphatic heterocycles. The van der Waals surface area contributed by atoms with Gasteiger partial charge in [0.2, 0.25) is 17.4 Å². The van der Waals surface area contributed by atoms with Crippen LogP contribution in [0.5, 0.6) is 11.5 Å². The maximum absolute atomic E-state index is 15.5. The monoisotopic (exact) mass is 645 g/mol. The van der Waals surface area contributed by atoms with Gasteiger partial charge in [-0.05, 0) is 38.3 Å². The standard InChI is InChI=1S/C30H28F5N7O4/c1-2-45-22(43)6-3-10-37-30(44)41-11-4-5-16(9-12-41)42-29-23(28(36)38-15-39-29)26(40-42)18-8-7-17(13-19(18)31)46-27-24(34)20(32)14-21(33)25(27)35/h3,6-8,13-16H,2,4-5,9-12H2,1H3,(H,37,44)(H2,36,38,39)/b6-3+. The lowest BCUT2D eigenvalue weighted by atomic mass is 10.1. The van der Waals surface area contributed by atoms with Crippen molar-refractivity contribution in [3.05, 3.63) is 71.8 Å². The van der Waals surface area contributed by atoms with Crippen molar-refractivity contribution < 1.29 is 41.0 Å². The predicted octanol–water partition coefficient (Wildman–Crippen LogP) is 5.42. The molecule has 0 bridgehead atoms. The summed E-state index contributed by atoms with van der Waals surface area (Å²) in [5.41, 5.74) is 6.50. The molecule has 2 aromatic heterocycles. The number of urea groups is 1. The first kappa shape index (κ1) is 32.1. The third-order valence-electron chi connectivity index (χ3n) is 7.25. The van der Waals surface area contributed by atoms with Crippen molar-refractivity contribution in [2.75, 3.05) is 32.0 Å². The number of nitrogen functional groups attached to an aromatic ring is 1. The molecule has 0 aliphatic carbocycles. The summed E-state index contributed by atoms with van der Waals surface area (Å²) >= 11 is 0. The van der Waals surface area contributed by atoms with Crippen molar-refractivity contribution in [1.29, 1.82) is 0 Å². The number of nitrogens with one attached hydrogen (secondary N) is 1. The van der Waals surface area contributed by atoms with E-state index in [9.17, 15) is 27.2 Å². The molecule has 16 heteroatoms. The smallest absolute Gasteiger partial charge is 0.330 e. The molecule has 5 rings (SSSR count). The lowest BCUT2D eigenvalue weighted by Gasteiger charge is -2.21. The molecule has 1 unspecified atom stereocenters. The Morgan fingerprint density at radius 3 is 2.52 bits per heavy atom. The van der Waals surface area contributed by atoms with Gasteiger partial charge in [0.25, 0.3) is 0 Å². The molecule has 11 nitrogen and oxygen atoms in total. The number of ether oxygens (including phenoxy) is 2. The number of nitrogens with two attached hydrogens (primary N) is 1. The van der Waals surface area contributed by atoms with E-state index in [1.807, 2.05) is 0 Å². The summed E-state index contributed by atoms with van der Waals surface area (Å²) < 4.78 is 82.3. The Labute approximate surface area is 258 Å². The van der Waals surface area contributed by atoms with Crippen LogP contribution < -0.4 is 15.8 Å². The second kappa shape index (κ2) is 13.8. The summed E-state index contributed by atoms with van der Waals surface area (Å²) in [5.74, 6) is -10.1. The average molecular weight is 646 g/mol. The lowest BCUT2D eigenvalue weighted by molar-refractivity contribution is -0.137. The van der Waals surface area contributed by atoms with Crippen LogP contribution >= 0.6 is 0 Å². The SMILES string of the molecule is CCOC(=O)/C=C/CNC(=O)N1CCCC(n2nc(-c3ccc(Oc4c(F)c(F)cc(F)c4F)cc3F)c3c(N)ncnc32)CC1. The summed E-state index contributed by atoms with van der Waals surface area (Å²) in [6.07, 6.45) is 5.67. The second-order valence-corrected chi connectivity index (χ2v) is 10.2. The van der Waals surface area contributed by atoms with Gasteiger partial charge < -0.3 is 25.4 Å². The number of nitrogens with zero attached hydrogens (tertiary/aromatic N) is 5. The van der Waals surface area contributed by atoms with Gasteiger partial charge in [0.15, 0.2) is 17.3 Å². The molecule has 4 aromatic rings. The molecule has 1 saturated heterocycles. The Kier molecular flexibility index (Phi) is 9.63. The number of fused-ring (bicyclic) bond motifs is 1. The highest BCUT2D eigenvalue weighted by atomic mass is 19.2. The minimum Gasteiger partial charge on any atom is -0.463 e. The Balaban J connectivity index is 1.36. The van der Waals surface area contributed by atoms with Crippen LogP contribution in [0, 0.1) is 29.1 Å². The van der Waals surface area contributed by atoms with E-state index in [2.05, 4.69) is 20.4 Å². The van der Waals surface area contributed by atoms with Gasteiger partial charge in [-0.2, -0.15) is 13.9 Å². The number of benzene rings is 2. The molecule has 3 N–H and O–H groups in total. The van der Waals surface area contributed by atoms with E-state index in [0.717, 1.165) is 12.1 Å². The van der Waals surface area contributed by atoms with Gasteiger partial charge in [0.1, 0.15) is 29.4 Å². The number of aromatic nitrogens is 4. The third-order valence-corrected chi connectivity index (χ3v) is 7.25. The van der Waals surface area contributed by atoms with Gasteiger partial charge in [-0.15, -0.1) is 0 Å². The summed E-state index contributed by atoms with van der Waals surface area (Å²) in [5, 5.41) is 7.63. The first-order chi connectivity index (χ1) is 22.1. The molecular formula is C30H28F5N7O4. The largest absolute Gasteiger partial charge is 0.463 e. The number of likely N-dealkylation sites (tertiary alicyclic amines) is 1. The van der Waals surface area contributed by atoms with Gasteiger partial charge in [0.05, 0.1) is 18.0 Å². The fraction of sp³-hybridized carbons (Fsp3) is 0.300. The minimum atomic E-state index is -1.77. The third kappa shape index (κ3) is 6.69. The van der Waals surface area contributed by atoms with E-state index in [-0.39, 0.29) is 53.8 Å². The summed E-state index contributed by atoms with van der Waals surface area (Å²) in [7, 11) is 0. The van der Waals surface area contributed by atoms with Crippen LogP contribution in [-0.4, -0.2) is 62.9 Å². The van der Waals surface area contributed by atoms with E-state index < -0.39 is 46.6 Å². The zero-order valence-corrected chi connectivity index (χ0v) is 24.4. The zero-order valence-electron chi connectivity index (χ0n) is 24.4. The molecule has 46 heavy (non-hydrogen) atoms. The predicted molar refractivity (Wildman–Crippen MR) is 155 cm³/mol. The molecule has 3 heterocycles. The van der Waals surface area contributed by atoms with Crippen molar-refractivity contribution in [2.24, 2.45) is 0 Å². The number of carbonyl (C=O) groups excluding carboxylic acids is 2. The molecule has 0 spiro atoms. The van der Waals surface area contributed by atoms with Crippen LogP contribution in [0.4, 0.5) is 32.6 Å². The molecule has 1 fully saturated rings. The molecule has 1 aliphatic rings. The Hall–Kier alpha value is -5.28. The van der Waals surface area contributed by atoms with Gasteiger partial charge in [0, 0.05) is 43.4 Å². The van der Waals surface area contributed by atoms with E-state index >= 15 is 4.39 Å².